The summed E-state index contributed by atoms with van der Waals surface area (Å²) in [6.07, 6.45) is 0. The van der Waals surface area contributed by atoms with Crippen LogP contribution in [0.2, 0.25) is 0 Å². The first-order valence-electron chi connectivity index (χ1n) is 6.67. The van der Waals surface area contributed by atoms with Gasteiger partial charge in [0.2, 0.25) is 5.82 Å². The minimum atomic E-state index is -0.324. The molecule has 0 atom stereocenters. The molecule has 0 bridgehead atoms. The van der Waals surface area contributed by atoms with Crippen LogP contribution in [0.5, 0.6) is 0 Å². The van der Waals surface area contributed by atoms with Gasteiger partial charge in [0.15, 0.2) is 5.78 Å². The molecule has 0 unspecified atom stereocenters. The van der Waals surface area contributed by atoms with E-state index in [1.54, 1.807) is 23.5 Å². The molecule has 3 aromatic rings. The Morgan fingerprint density at radius 1 is 1.27 bits per heavy atom. The normalized spacial score (nSPS) is 10.9. The summed E-state index contributed by atoms with van der Waals surface area (Å²) in [6, 6.07) is 7.69. The molecule has 0 aliphatic rings. The van der Waals surface area contributed by atoms with Crippen LogP contribution in [0, 0.1) is 19.7 Å². The second-order valence-electron chi connectivity index (χ2n) is 4.90. The summed E-state index contributed by atoms with van der Waals surface area (Å²) in [4.78, 5) is 15.6. The molecule has 2 heterocycles. The van der Waals surface area contributed by atoms with Crippen LogP contribution in [-0.4, -0.2) is 26.0 Å². The first-order valence-corrected chi connectivity index (χ1v) is 7.48. The van der Waals surface area contributed by atoms with E-state index in [1.807, 2.05) is 19.9 Å². The monoisotopic (exact) mass is 316 g/mol. The Morgan fingerprint density at radius 2 is 2.00 bits per heavy atom. The Morgan fingerprint density at radius 3 is 2.64 bits per heavy atom. The zero-order valence-corrected chi connectivity index (χ0v) is 12.9. The first-order chi connectivity index (χ1) is 10.5. The van der Waals surface area contributed by atoms with Crippen molar-refractivity contribution in [3.05, 3.63) is 51.5 Å². The van der Waals surface area contributed by atoms with Crippen molar-refractivity contribution in [2.75, 3.05) is 0 Å². The lowest BCUT2D eigenvalue weighted by Crippen LogP contribution is -2.13. The molecular formula is C15H13FN4OS. The van der Waals surface area contributed by atoms with E-state index in [0.29, 0.717) is 17.0 Å². The van der Waals surface area contributed by atoms with E-state index in [1.165, 1.54) is 16.9 Å². The van der Waals surface area contributed by atoms with Crippen molar-refractivity contribution in [2.24, 2.45) is 0 Å². The van der Waals surface area contributed by atoms with Gasteiger partial charge in [0, 0.05) is 20.9 Å². The fourth-order valence-corrected chi connectivity index (χ4v) is 3.09. The van der Waals surface area contributed by atoms with Crippen LogP contribution < -0.4 is 0 Å². The number of aryl methyl sites for hydroxylation is 2. The maximum atomic E-state index is 12.9. The van der Waals surface area contributed by atoms with Gasteiger partial charge in [-0.3, -0.25) is 4.79 Å². The number of halogens is 1. The third-order valence-electron chi connectivity index (χ3n) is 3.18. The van der Waals surface area contributed by atoms with Gasteiger partial charge in [0.05, 0.1) is 0 Å². The highest BCUT2D eigenvalue weighted by Gasteiger charge is 2.15. The Kier molecular flexibility index (Phi) is 3.81. The van der Waals surface area contributed by atoms with Crippen molar-refractivity contribution >= 4 is 17.1 Å². The van der Waals surface area contributed by atoms with Crippen LogP contribution >= 0.6 is 11.3 Å². The molecule has 0 aliphatic heterocycles. The number of tetrazole rings is 1. The van der Waals surface area contributed by atoms with Crippen molar-refractivity contribution in [3.8, 4) is 11.4 Å². The van der Waals surface area contributed by atoms with Crippen LogP contribution in [0.1, 0.15) is 20.1 Å². The Balaban J connectivity index is 1.78. The molecule has 5 nitrogen and oxygen atoms in total. The fourth-order valence-electron chi connectivity index (χ4n) is 2.15. The molecule has 0 amide bonds. The van der Waals surface area contributed by atoms with Gasteiger partial charge in [-0.2, -0.15) is 4.80 Å². The Bertz CT molecular complexity index is 822. The summed E-state index contributed by atoms with van der Waals surface area (Å²) in [7, 11) is 0. The Labute approximate surface area is 130 Å². The fraction of sp³-hybridized carbons (Fsp3) is 0.200. The molecule has 1 aromatic carbocycles. The number of Topliss-reactive ketones (excluding diaryl/α,β-unsaturated/α-hetero) is 1. The third-order valence-corrected chi connectivity index (χ3v) is 4.15. The zero-order chi connectivity index (χ0) is 15.7. The van der Waals surface area contributed by atoms with E-state index in [2.05, 4.69) is 15.4 Å². The van der Waals surface area contributed by atoms with E-state index in [-0.39, 0.29) is 18.1 Å². The second kappa shape index (κ2) is 5.76. The van der Waals surface area contributed by atoms with E-state index in [0.717, 1.165) is 9.75 Å². The number of benzene rings is 1. The third kappa shape index (κ3) is 2.94. The number of aromatic nitrogens is 4. The minimum absolute atomic E-state index is 0.0329. The van der Waals surface area contributed by atoms with Crippen molar-refractivity contribution in [2.45, 2.75) is 20.4 Å². The zero-order valence-electron chi connectivity index (χ0n) is 12.1. The number of ketones is 1. The van der Waals surface area contributed by atoms with Gasteiger partial charge in [-0.15, -0.1) is 21.5 Å². The molecule has 2 aromatic heterocycles. The quantitative estimate of drug-likeness (QED) is 0.694. The van der Waals surface area contributed by atoms with E-state index < -0.39 is 0 Å². The topological polar surface area (TPSA) is 60.7 Å². The Hall–Kier alpha value is -2.41. The lowest BCUT2D eigenvalue weighted by atomic mass is 10.1. The molecule has 0 saturated heterocycles. The molecule has 3 rings (SSSR count). The molecule has 0 N–H and O–H groups in total. The van der Waals surface area contributed by atoms with Crippen molar-refractivity contribution in [3.63, 3.8) is 0 Å². The lowest BCUT2D eigenvalue weighted by Gasteiger charge is -1.98. The van der Waals surface area contributed by atoms with Gasteiger partial charge >= 0.3 is 0 Å². The largest absolute Gasteiger partial charge is 0.292 e. The van der Waals surface area contributed by atoms with Crippen LogP contribution in [0.15, 0.2) is 30.3 Å². The van der Waals surface area contributed by atoms with Crippen molar-refractivity contribution in [1.82, 2.24) is 20.2 Å². The molecule has 7 heteroatoms. The molecule has 112 valence electrons. The number of carbonyl (C=O) groups excluding carboxylic acids is 1. The number of nitrogens with zero attached hydrogens (tertiary/aromatic N) is 4. The maximum Gasteiger partial charge on any atom is 0.204 e. The lowest BCUT2D eigenvalue weighted by molar-refractivity contribution is 0.0961. The summed E-state index contributed by atoms with van der Waals surface area (Å²) in [6.45, 7) is 3.92. The summed E-state index contributed by atoms with van der Waals surface area (Å²) < 4.78 is 12.9. The van der Waals surface area contributed by atoms with Gasteiger partial charge in [-0.1, -0.05) is 0 Å². The summed E-state index contributed by atoms with van der Waals surface area (Å²) >= 11 is 1.59. The molecule has 0 spiro atoms. The second-order valence-corrected chi connectivity index (χ2v) is 6.36. The van der Waals surface area contributed by atoms with Crippen LogP contribution in [0.3, 0.4) is 0 Å². The summed E-state index contributed by atoms with van der Waals surface area (Å²) in [5, 5.41) is 11.9. The van der Waals surface area contributed by atoms with Crippen LogP contribution in [0.25, 0.3) is 11.4 Å². The molecule has 0 radical (unpaired) electrons. The highest BCUT2D eigenvalue weighted by atomic mass is 32.1. The SMILES string of the molecule is Cc1cc(C(=O)Cn2nnc(-c3ccc(F)cc3)n2)c(C)s1. The molecule has 0 aliphatic carbocycles. The van der Waals surface area contributed by atoms with Crippen LogP contribution in [0.4, 0.5) is 4.39 Å². The average molecular weight is 316 g/mol. The summed E-state index contributed by atoms with van der Waals surface area (Å²) in [5.41, 5.74) is 1.35. The standard InChI is InChI=1S/C15H13FN4OS/c1-9-7-13(10(2)22-9)14(21)8-20-18-15(17-19-20)11-3-5-12(16)6-4-11/h3-7H,8H2,1-2H3. The number of rotatable bonds is 4. The smallest absolute Gasteiger partial charge is 0.204 e. The molecule has 0 fully saturated rings. The van der Waals surface area contributed by atoms with E-state index >= 15 is 0 Å². The van der Waals surface area contributed by atoms with Crippen LogP contribution in [-0.2, 0) is 6.54 Å². The number of thiophene rings is 1. The minimum Gasteiger partial charge on any atom is -0.292 e. The molecule has 22 heavy (non-hydrogen) atoms. The van der Waals surface area contributed by atoms with Crippen molar-refractivity contribution < 1.29 is 9.18 Å². The van der Waals surface area contributed by atoms with Gasteiger partial charge in [-0.25, -0.2) is 4.39 Å². The molecule has 0 saturated carbocycles. The highest BCUT2D eigenvalue weighted by Crippen LogP contribution is 2.21. The van der Waals surface area contributed by atoms with E-state index in [9.17, 15) is 9.18 Å². The maximum absolute atomic E-state index is 12.9. The average Bonchev–Trinajstić information content (AvgIpc) is 3.06. The predicted molar refractivity (Wildman–Crippen MR) is 81.3 cm³/mol. The van der Waals surface area contributed by atoms with E-state index in [4.69, 9.17) is 0 Å². The number of carbonyl (C=O) groups is 1. The highest BCUT2D eigenvalue weighted by molar-refractivity contribution is 7.12. The number of hydrogen-bond donors (Lipinski definition) is 0. The molecular weight excluding hydrogens is 303 g/mol. The first kappa shape index (κ1) is 14.5. The summed E-state index contributed by atoms with van der Waals surface area (Å²) in [5.74, 6) is -0.00875. The van der Waals surface area contributed by atoms with Gasteiger partial charge in [0.25, 0.3) is 0 Å². The number of hydrogen-bond acceptors (Lipinski definition) is 5. The van der Waals surface area contributed by atoms with Gasteiger partial charge < -0.3 is 0 Å². The van der Waals surface area contributed by atoms with Crippen molar-refractivity contribution in [1.29, 1.82) is 0 Å². The predicted octanol–water partition coefficient (Wildman–Crippen LogP) is 3.04. The van der Waals surface area contributed by atoms with Gasteiger partial charge in [-0.05, 0) is 49.4 Å². The van der Waals surface area contributed by atoms with Gasteiger partial charge in [0.1, 0.15) is 12.4 Å².